The van der Waals surface area contributed by atoms with Gasteiger partial charge in [-0.15, -0.1) is 11.3 Å². The number of fused-ring (bicyclic) bond motifs is 2. The van der Waals surface area contributed by atoms with E-state index in [1.807, 2.05) is 46.9 Å². The molecule has 0 bridgehead atoms. The zero-order valence-corrected chi connectivity index (χ0v) is 20.0. The Kier molecular flexibility index (Phi) is 5.89. The van der Waals surface area contributed by atoms with Crippen LogP contribution < -0.4 is 0 Å². The first-order valence-electron chi connectivity index (χ1n) is 10.9. The SMILES string of the molecule is C=CC(=O)N1Cc2cc(-c3nc(-c4cn(C)cn4)c4ccsc4c3C=C(F)/C=C/F)nn2C(C)C1. The summed E-state index contributed by atoms with van der Waals surface area (Å²) in [5.41, 5.74) is 3.66. The molecule has 0 fully saturated rings. The fraction of sp³-hybridized carbons (Fsp3) is 0.200. The summed E-state index contributed by atoms with van der Waals surface area (Å²) in [5, 5.41) is 7.52. The van der Waals surface area contributed by atoms with Crippen LogP contribution in [-0.4, -0.2) is 41.7 Å². The highest BCUT2D eigenvalue weighted by atomic mass is 32.1. The van der Waals surface area contributed by atoms with Crippen LogP contribution in [-0.2, 0) is 18.4 Å². The molecule has 1 amide bonds. The second kappa shape index (κ2) is 9.03. The van der Waals surface area contributed by atoms with E-state index < -0.39 is 5.83 Å². The molecule has 1 aliphatic rings. The number of rotatable bonds is 5. The molecular formula is C25H22F2N6OS. The van der Waals surface area contributed by atoms with Crippen molar-refractivity contribution in [2.75, 3.05) is 6.54 Å². The molecule has 5 heterocycles. The summed E-state index contributed by atoms with van der Waals surface area (Å²) in [5.74, 6) is -0.888. The van der Waals surface area contributed by atoms with Crippen molar-refractivity contribution < 1.29 is 13.6 Å². The quantitative estimate of drug-likeness (QED) is 0.275. The standard InChI is InChI=1S/C25H22F2N6OS/c1-4-22(34)32-11-15(2)33-17(12-32)10-20(30-33)24-19(9-16(27)5-7-26)25-18(6-8-35-25)23(29-24)21-13-31(3)14-28-21/h4-10,13-15H,1,11-12H2,2-3H3/b7-5+,16-9?. The van der Waals surface area contributed by atoms with Crippen molar-refractivity contribution in [1.82, 2.24) is 29.2 Å². The van der Waals surface area contributed by atoms with E-state index in [9.17, 15) is 13.6 Å². The molecule has 1 unspecified atom stereocenters. The Bertz CT molecular complexity index is 1510. The monoisotopic (exact) mass is 492 g/mol. The first kappa shape index (κ1) is 22.9. The Morgan fingerprint density at radius 1 is 1.31 bits per heavy atom. The number of nitrogens with zero attached hydrogens (tertiary/aromatic N) is 6. The van der Waals surface area contributed by atoms with Crippen molar-refractivity contribution in [3.8, 4) is 22.8 Å². The zero-order valence-electron chi connectivity index (χ0n) is 19.2. The van der Waals surface area contributed by atoms with Gasteiger partial charge < -0.3 is 9.47 Å². The lowest BCUT2D eigenvalue weighted by Gasteiger charge is -2.31. The molecule has 0 aliphatic carbocycles. The molecule has 0 saturated heterocycles. The Morgan fingerprint density at radius 2 is 2.14 bits per heavy atom. The average molecular weight is 493 g/mol. The number of hydrogen-bond acceptors (Lipinski definition) is 5. The van der Waals surface area contributed by atoms with Gasteiger partial charge in [-0.1, -0.05) is 6.58 Å². The number of allylic oxidation sites excluding steroid dienone is 2. The highest BCUT2D eigenvalue weighted by Crippen LogP contribution is 2.39. The van der Waals surface area contributed by atoms with Crippen molar-refractivity contribution in [3.63, 3.8) is 0 Å². The first-order valence-corrected chi connectivity index (χ1v) is 11.8. The Hall–Kier alpha value is -3.92. The van der Waals surface area contributed by atoms with E-state index in [1.165, 1.54) is 23.5 Å². The summed E-state index contributed by atoms with van der Waals surface area (Å²) >= 11 is 1.44. The molecule has 178 valence electrons. The third kappa shape index (κ3) is 4.10. The number of aryl methyl sites for hydroxylation is 1. The van der Waals surface area contributed by atoms with Crippen LogP contribution in [0.3, 0.4) is 0 Å². The van der Waals surface area contributed by atoms with Crippen LogP contribution >= 0.6 is 11.3 Å². The Labute approximate surface area is 204 Å². The average Bonchev–Trinajstić information content (AvgIpc) is 3.58. The molecule has 0 N–H and O–H groups in total. The molecule has 0 radical (unpaired) electrons. The number of amides is 1. The van der Waals surface area contributed by atoms with Gasteiger partial charge in [-0.3, -0.25) is 9.48 Å². The van der Waals surface area contributed by atoms with Crippen LogP contribution in [0.5, 0.6) is 0 Å². The molecule has 35 heavy (non-hydrogen) atoms. The molecule has 4 aromatic rings. The molecule has 1 aliphatic heterocycles. The summed E-state index contributed by atoms with van der Waals surface area (Å²) < 4.78 is 31.7. The van der Waals surface area contributed by atoms with E-state index in [1.54, 1.807) is 11.2 Å². The number of carbonyl (C=O) groups is 1. The smallest absolute Gasteiger partial charge is 0.246 e. The summed E-state index contributed by atoms with van der Waals surface area (Å²) in [6.45, 7) is 6.43. The van der Waals surface area contributed by atoms with Gasteiger partial charge in [0.1, 0.15) is 22.9 Å². The number of aromatic nitrogens is 5. The maximum absolute atomic E-state index is 14.5. The molecule has 5 rings (SSSR count). The van der Waals surface area contributed by atoms with Gasteiger partial charge >= 0.3 is 0 Å². The fourth-order valence-electron chi connectivity index (χ4n) is 4.35. The van der Waals surface area contributed by atoms with Crippen molar-refractivity contribution in [3.05, 3.63) is 72.2 Å². The van der Waals surface area contributed by atoms with Crippen molar-refractivity contribution in [2.45, 2.75) is 19.5 Å². The summed E-state index contributed by atoms with van der Waals surface area (Å²) in [7, 11) is 1.87. The predicted octanol–water partition coefficient (Wildman–Crippen LogP) is 5.44. The van der Waals surface area contributed by atoms with Crippen LogP contribution in [0.15, 0.2) is 60.9 Å². The highest BCUT2D eigenvalue weighted by molar-refractivity contribution is 7.17. The van der Waals surface area contributed by atoms with Gasteiger partial charge in [-0.05, 0) is 36.6 Å². The van der Waals surface area contributed by atoms with Crippen LogP contribution in [0.25, 0.3) is 38.9 Å². The van der Waals surface area contributed by atoms with Crippen LogP contribution in [0, 0.1) is 0 Å². The van der Waals surface area contributed by atoms with Crippen molar-refractivity contribution in [2.24, 2.45) is 7.05 Å². The lowest BCUT2D eigenvalue weighted by Crippen LogP contribution is -2.39. The summed E-state index contributed by atoms with van der Waals surface area (Å²) in [6, 6.07) is 3.71. The lowest BCUT2D eigenvalue weighted by molar-refractivity contribution is -0.127. The van der Waals surface area contributed by atoms with Gasteiger partial charge in [0.25, 0.3) is 0 Å². The third-order valence-corrected chi connectivity index (χ3v) is 6.84. The van der Waals surface area contributed by atoms with Crippen molar-refractivity contribution in [1.29, 1.82) is 0 Å². The van der Waals surface area contributed by atoms with Crippen LogP contribution in [0.4, 0.5) is 8.78 Å². The maximum atomic E-state index is 14.5. The number of halogens is 2. The van der Waals surface area contributed by atoms with Gasteiger partial charge in [0.05, 0.1) is 36.6 Å². The molecule has 0 aromatic carbocycles. The molecule has 4 aromatic heterocycles. The molecule has 1 atom stereocenters. The minimum atomic E-state index is -0.740. The fourth-order valence-corrected chi connectivity index (χ4v) is 5.27. The minimum absolute atomic E-state index is 0.0673. The zero-order chi connectivity index (χ0) is 24.7. The largest absolute Gasteiger partial charge is 0.340 e. The third-order valence-electron chi connectivity index (χ3n) is 5.89. The Balaban J connectivity index is 1.74. The van der Waals surface area contributed by atoms with Gasteiger partial charge in [0.15, 0.2) is 0 Å². The van der Waals surface area contributed by atoms with E-state index >= 15 is 0 Å². The molecule has 0 saturated carbocycles. The van der Waals surface area contributed by atoms with Gasteiger partial charge in [0.2, 0.25) is 5.91 Å². The van der Waals surface area contributed by atoms with E-state index in [0.29, 0.717) is 41.4 Å². The van der Waals surface area contributed by atoms with Crippen LogP contribution in [0.2, 0.25) is 0 Å². The van der Waals surface area contributed by atoms with E-state index in [0.717, 1.165) is 21.9 Å². The number of carbonyl (C=O) groups excluding carboxylic acids is 1. The first-order chi connectivity index (χ1) is 16.9. The van der Waals surface area contributed by atoms with Crippen molar-refractivity contribution >= 4 is 33.4 Å². The Morgan fingerprint density at radius 3 is 2.86 bits per heavy atom. The molecule has 7 nitrogen and oxygen atoms in total. The topological polar surface area (TPSA) is 68.8 Å². The second-order valence-corrected chi connectivity index (χ2v) is 9.29. The predicted molar refractivity (Wildman–Crippen MR) is 133 cm³/mol. The summed E-state index contributed by atoms with van der Waals surface area (Å²) in [4.78, 5) is 23.3. The van der Waals surface area contributed by atoms with Gasteiger partial charge in [-0.2, -0.15) is 5.10 Å². The normalized spacial score (nSPS) is 16.3. The molecule has 10 heteroatoms. The van der Waals surface area contributed by atoms with Crippen LogP contribution in [0.1, 0.15) is 24.2 Å². The number of thiophene rings is 1. The maximum Gasteiger partial charge on any atom is 0.246 e. The molecule has 0 spiro atoms. The lowest BCUT2D eigenvalue weighted by atomic mass is 10.0. The molecular weight excluding hydrogens is 470 g/mol. The highest BCUT2D eigenvalue weighted by Gasteiger charge is 2.28. The summed E-state index contributed by atoms with van der Waals surface area (Å²) in [6.07, 6.45) is 7.05. The van der Waals surface area contributed by atoms with E-state index in [2.05, 4.69) is 11.6 Å². The van der Waals surface area contributed by atoms with Gasteiger partial charge in [0, 0.05) is 41.5 Å². The minimum Gasteiger partial charge on any atom is -0.340 e. The van der Waals surface area contributed by atoms with E-state index in [-0.39, 0.29) is 18.3 Å². The second-order valence-electron chi connectivity index (χ2n) is 8.37. The number of imidazole rings is 1. The number of hydrogen-bond donors (Lipinski definition) is 0. The van der Waals surface area contributed by atoms with E-state index in [4.69, 9.17) is 10.1 Å². The number of pyridine rings is 1. The van der Waals surface area contributed by atoms with Gasteiger partial charge in [-0.25, -0.2) is 18.7 Å².